The third-order valence-corrected chi connectivity index (χ3v) is 6.05. The Morgan fingerprint density at radius 1 is 1.26 bits per heavy atom. The molecule has 10 heteroatoms. The summed E-state index contributed by atoms with van der Waals surface area (Å²) in [7, 11) is 1.84. The van der Waals surface area contributed by atoms with E-state index >= 15 is 0 Å². The largest absolute Gasteiger partial charge is 0.354 e. The summed E-state index contributed by atoms with van der Waals surface area (Å²) in [6.45, 7) is 2.51. The summed E-state index contributed by atoms with van der Waals surface area (Å²) < 4.78 is 7.47. The van der Waals surface area contributed by atoms with Crippen LogP contribution in [0.15, 0.2) is 36.0 Å². The second-order valence-electron chi connectivity index (χ2n) is 7.98. The van der Waals surface area contributed by atoms with Gasteiger partial charge in [0.15, 0.2) is 6.04 Å². The van der Waals surface area contributed by atoms with E-state index in [1.54, 1.807) is 0 Å². The van der Waals surface area contributed by atoms with Crippen LogP contribution in [0.2, 0.25) is 0 Å². The lowest BCUT2D eigenvalue weighted by Gasteiger charge is -2.43. The molecule has 3 aliphatic rings. The minimum atomic E-state index is -1.23. The maximum absolute atomic E-state index is 12.8. The maximum atomic E-state index is 12.8. The molecule has 2 saturated heterocycles. The number of piperazine rings is 1. The van der Waals surface area contributed by atoms with E-state index in [1.165, 1.54) is 16.0 Å². The second-order valence-corrected chi connectivity index (χ2v) is 7.98. The molecule has 4 heterocycles. The Bertz CT molecular complexity index is 1170. The number of ether oxygens (including phenoxy) is 1. The van der Waals surface area contributed by atoms with Gasteiger partial charge in [-0.3, -0.25) is 19.2 Å². The van der Waals surface area contributed by atoms with Crippen molar-refractivity contribution in [3.63, 3.8) is 0 Å². The van der Waals surface area contributed by atoms with Crippen molar-refractivity contribution < 1.29 is 23.9 Å². The molecule has 5 rings (SSSR count). The number of fused-ring (bicyclic) bond motifs is 3. The fourth-order valence-corrected chi connectivity index (χ4v) is 4.40. The molecule has 3 atom stereocenters. The summed E-state index contributed by atoms with van der Waals surface area (Å²) >= 11 is 0. The van der Waals surface area contributed by atoms with Crippen molar-refractivity contribution in [2.75, 3.05) is 13.2 Å². The Morgan fingerprint density at radius 3 is 2.81 bits per heavy atom. The number of imidazole rings is 1. The Balaban J connectivity index is 1.36. The van der Waals surface area contributed by atoms with Gasteiger partial charge in [-0.15, -0.1) is 0 Å². The first-order valence-corrected chi connectivity index (χ1v) is 10.0. The van der Waals surface area contributed by atoms with E-state index in [9.17, 15) is 19.2 Å². The number of carbonyl (C=O) groups is 4. The first kappa shape index (κ1) is 19.4. The van der Waals surface area contributed by atoms with Crippen molar-refractivity contribution in [2.45, 2.75) is 31.8 Å². The molecule has 160 valence electrons. The minimum absolute atomic E-state index is 0.0855. The number of carbonyl (C=O) groups excluding carboxylic acids is 4. The van der Waals surface area contributed by atoms with Gasteiger partial charge in [-0.25, -0.2) is 4.98 Å². The van der Waals surface area contributed by atoms with Gasteiger partial charge in [0.2, 0.25) is 11.6 Å². The number of amides is 2. The standard InChI is InChI=1S/C21H21N5O5/c1-11-10-31-16-9-25-8-12(18(27)19(28)17(25)21(30)26(11)16)20(29)22-7-15-23-13-5-3-4-6-14(13)24(15)2/h3-6,8,11,16-17H,7,9-10H2,1-2H3,(H,22,29)/t11-,16+,17?/m0/s1. The van der Waals surface area contributed by atoms with E-state index in [0.717, 1.165) is 11.0 Å². The molecule has 2 amide bonds. The number of aromatic nitrogens is 2. The van der Waals surface area contributed by atoms with Crippen LogP contribution in [-0.4, -0.2) is 74.2 Å². The molecule has 1 aromatic carbocycles. The van der Waals surface area contributed by atoms with Crippen LogP contribution in [-0.2, 0) is 37.5 Å². The van der Waals surface area contributed by atoms with Gasteiger partial charge >= 0.3 is 0 Å². The number of hydrogen-bond donors (Lipinski definition) is 1. The molecule has 2 fully saturated rings. The number of benzene rings is 1. The lowest BCUT2D eigenvalue weighted by molar-refractivity contribution is -0.159. The molecule has 0 radical (unpaired) electrons. The van der Waals surface area contributed by atoms with Crippen LogP contribution in [0.5, 0.6) is 0 Å². The number of hydrogen-bond acceptors (Lipinski definition) is 7. The van der Waals surface area contributed by atoms with Crippen LogP contribution in [0.4, 0.5) is 0 Å². The molecule has 0 bridgehead atoms. The van der Waals surface area contributed by atoms with Crippen LogP contribution < -0.4 is 5.32 Å². The van der Waals surface area contributed by atoms with Gasteiger partial charge in [-0.2, -0.15) is 0 Å². The number of rotatable bonds is 3. The van der Waals surface area contributed by atoms with E-state index in [0.29, 0.717) is 12.4 Å². The zero-order valence-corrected chi connectivity index (χ0v) is 17.1. The van der Waals surface area contributed by atoms with Gasteiger partial charge in [-0.05, 0) is 19.1 Å². The van der Waals surface area contributed by atoms with E-state index < -0.39 is 35.7 Å². The smallest absolute Gasteiger partial charge is 0.257 e. The van der Waals surface area contributed by atoms with Crippen molar-refractivity contribution in [3.05, 3.63) is 41.9 Å². The first-order chi connectivity index (χ1) is 14.9. The number of nitrogens with one attached hydrogen (secondary N) is 1. The highest BCUT2D eigenvalue weighted by atomic mass is 16.5. The lowest BCUT2D eigenvalue weighted by Crippen LogP contribution is -2.65. The Kier molecular flexibility index (Phi) is 4.40. The van der Waals surface area contributed by atoms with Gasteiger partial charge in [0.05, 0.1) is 36.8 Å². The summed E-state index contributed by atoms with van der Waals surface area (Å²) in [5, 5.41) is 2.66. The van der Waals surface area contributed by atoms with E-state index in [-0.39, 0.29) is 24.7 Å². The minimum Gasteiger partial charge on any atom is -0.354 e. The molecule has 1 N–H and O–H groups in total. The SMILES string of the molecule is C[C@H]1CO[C@@H]2CN3C=C(C(=O)NCc4nc5ccccc5n4C)C(=O)C(=O)C3C(=O)N12. The van der Waals surface area contributed by atoms with E-state index in [4.69, 9.17) is 4.74 Å². The van der Waals surface area contributed by atoms with Crippen LogP contribution in [0.1, 0.15) is 12.7 Å². The Morgan fingerprint density at radius 2 is 2.03 bits per heavy atom. The maximum Gasteiger partial charge on any atom is 0.257 e. The number of Topliss-reactive ketones (excluding diaryl/α,β-unsaturated/α-hetero) is 2. The Labute approximate surface area is 177 Å². The average Bonchev–Trinajstić information content (AvgIpc) is 3.29. The van der Waals surface area contributed by atoms with Crippen molar-refractivity contribution in [3.8, 4) is 0 Å². The highest BCUT2D eigenvalue weighted by molar-refractivity contribution is 6.53. The van der Waals surface area contributed by atoms with Gasteiger partial charge < -0.3 is 24.4 Å². The lowest BCUT2D eigenvalue weighted by atomic mass is 9.93. The quantitative estimate of drug-likeness (QED) is 0.402. The van der Waals surface area contributed by atoms with Gasteiger partial charge in [0.25, 0.3) is 11.8 Å². The van der Waals surface area contributed by atoms with Crippen molar-refractivity contribution in [2.24, 2.45) is 7.05 Å². The third-order valence-electron chi connectivity index (χ3n) is 6.05. The summed E-state index contributed by atoms with van der Waals surface area (Å²) in [6.07, 6.45) is 0.806. The number of nitrogens with zero attached hydrogens (tertiary/aromatic N) is 4. The van der Waals surface area contributed by atoms with Crippen LogP contribution >= 0.6 is 0 Å². The molecule has 0 aliphatic carbocycles. The fourth-order valence-electron chi connectivity index (χ4n) is 4.40. The number of aryl methyl sites for hydroxylation is 1. The first-order valence-electron chi connectivity index (χ1n) is 10.0. The van der Waals surface area contributed by atoms with E-state index in [2.05, 4.69) is 10.3 Å². The van der Waals surface area contributed by atoms with Crippen molar-refractivity contribution in [1.29, 1.82) is 0 Å². The molecular formula is C21H21N5O5. The molecule has 1 aromatic heterocycles. The monoisotopic (exact) mass is 423 g/mol. The molecule has 1 unspecified atom stereocenters. The topological polar surface area (TPSA) is 114 Å². The highest BCUT2D eigenvalue weighted by Gasteiger charge is 2.52. The molecule has 3 aliphatic heterocycles. The molecule has 0 saturated carbocycles. The zero-order valence-electron chi connectivity index (χ0n) is 17.1. The highest BCUT2D eigenvalue weighted by Crippen LogP contribution is 2.29. The fraction of sp³-hybridized carbons (Fsp3) is 0.381. The van der Waals surface area contributed by atoms with E-state index in [1.807, 2.05) is 42.8 Å². The zero-order chi connectivity index (χ0) is 21.9. The van der Waals surface area contributed by atoms with Gasteiger partial charge in [-0.1, -0.05) is 12.1 Å². The third kappa shape index (κ3) is 2.94. The summed E-state index contributed by atoms with van der Waals surface area (Å²) in [5.41, 5.74) is 1.43. The molecule has 31 heavy (non-hydrogen) atoms. The summed E-state index contributed by atoms with van der Waals surface area (Å²) in [4.78, 5) is 58.3. The molecule has 10 nitrogen and oxygen atoms in total. The average molecular weight is 423 g/mol. The van der Waals surface area contributed by atoms with Crippen LogP contribution in [0.3, 0.4) is 0 Å². The van der Waals surface area contributed by atoms with Crippen LogP contribution in [0, 0.1) is 0 Å². The van der Waals surface area contributed by atoms with Crippen molar-refractivity contribution >= 4 is 34.4 Å². The van der Waals surface area contributed by atoms with Crippen LogP contribution in [0.25, 0.3) is 11.0 Å². The predicted molar refractivity (Wildman–Crippen MR) is 107 cm³/mol. The molecule has 2 aromatic rings. The second kappa shape index (κ2) is 7.02. The van der Waals surface area contributed by atoms with Gasteiger partial charge in [0, 0.05) is 13.2 Å². The van der Waals surface area contributed by atoms with Crippen molar-refractivity contribution in [1.82, 2.24) is 24.7 Å². The number of para-hydroxylation sites is 2. The summed E-state index contributed by atoms with van der Waals surface area (Å²) in [6, 6.07) is 6.17. The Hall–Kier alpha value is -3.53. The molecular weight excluding hydrogens is 402 g/mol. The molecule has 0 spiro atoms. The number of ketones is 2. The normalized spacial score (nSPS) is 25.5. The summed E-state index contributed by atoms with van der Waals surface area (Å²) in [5.74, 6) is -2.38. The predicted octanol–water partition coefficient (Wildman–Crippen LogP) is -0.517. The van der Waals surface area contributed by atoms with Gasteiger partial charge in [0.1, 0.15) is 17.6 Å².